The molecule has 2 N–H and O–H groups in total. The predicted octanol–water partition coefficient (Wildman–Crippen LogP) is 1.61. The van der Waals surface area contributed by atoms with Crippen molar-refractivity contribution in [2.45, 2.75) is 26.8 Å². The fraction of sp³-hybridized carbons (Fsp3) is 0.364. The average molecular weight is 267 g/mol. The highest BCUT2D eigenvalue weighted by atomic mass is 32.1. The maximum atomic E-state index is 12.2. The summed E-state index contributed by atoms with van der Waals surface area (Å²) >= 11 is 6.41. The zero-order chi connectivity index (χ0) is 12.6. The Morgan fingerprint density at radius 1 is 1.65 bits per heavy atom. The van der Waals surface area contributed by atoms with Crippen LogP contribution in [-0.4, -0.2) is 14.5 Å². The Kier molecular flexibility index (Phi) is 3.26. The van der Waals surface area contributed by atoms with Crippen molar-refractivity contribution in [2.75, 3.05) is 0 Å². The Hall–Kier alpha value is -1.27. The van der Waals surface area contributed by atoms with Gasteiger partial charge in [0.2, 0.25) is 0 Å². The van der Waals surface area contributed by atoms with Crippen LogP contribution in [0.25, 0.3) is 10.2 Å². The van der Waals surface area contributed by atoms with Gasteiger partial charge in [-0.3, -0.25) is 9.36 Å². The van der Waals surface area contributed by atoms with Crippen LogP contribution in [0, 0.1) is 6.92 Å². The van der Waals surface area contributed by atoms with Crippen LogP contribution in [0.4, 0.5) is 0 Å². The van der Waals surface area contributed by atoms with Crippen molar-refractivity contribution in [3.8, 4) is 0 Å². The van der Waals surface area contributed by atoms with Crippen LogP contribution in [0.1, 0.15) is 17.6 Å². The second kappa shape index (κ2) is 4.54. The first kappa shape index (κ1) is 12.2. The fourth-order valence-electron chi connectivity index (χ4n) is 1.68. The monoisotopic (exact) mass is 267 g/mol. The van der Waals surface area contributed by atoms with Gasteiger partial charge in [-0.05, 0) is 19.4 Å². The number of hydrogen-bond donors (Lipinski definition) is 1. The second-order valence-corrected chi connectivity index (χ2v) is 5.44. The minimum atomic E-state index is -0.0590. The number of thiocarbonyl (C=S) groups is 1. The summed E-state index contributed by atoms with van der Waals surface area (Å²) in [5.74, 6) is 0.653. The van der Waals surface area contributed by atoms with Gasteiger partial charge in [0.25, 0.3) is 5.56 Å². The molecule has 2 heterocycles. The van der Waals surface area contributed by atoms with Gasteiger partial charge >= 0.3 is 0 Å². The molecule has 2 rings (SSSR count). The number of nitrogens with zero attached hydrogens (tertiary/aromatic N) is 2. The van der Waals surface area contributed by atoms with E-state index in [1.54, 1.807) is 18.3 Å². The van der Waals surface area contributed by atoms with E-state index in [0.29, 0.717) is 16.2 Å². The normalized spacial score (nSPS) is 10.9. The number of rotatable bonds is 3. The van der Waals surface area contributed by atoms with E-state index in [2.05, 4.69) is 11.9 Å². The molecule has 0 spiro atoms. The van der Waals surface area contributed by atoms with Gasteiger partial charge in [-0.15, -0.1) is 11.3 Å². The molecule has 0 radical (unpaired) electrons. The maximum absolute atomic E-state index is 12.2. The zero-order valence-electron chi connectivity index (χ0n) is 9.69. The Bertz CT molecular complexity index is 642. The van der Waals surface area contributed by atoms with E-state index in [1.807, 2.05) is 6.07 Å². The van der Waals surface area contributed by atoms with Crippen molar-refractivity contribution in [3.63, 3.8) is 0 Å². The van der Waals surface area contributed by atoms with Crippen LogP contribution in [0.3, 0.4) is 0 Å². The minimum absolute atomic E-state index is 0.0590. The molecule has 4 nitrogen and oxygen atoms in total. The van der Waals surface area contributed by atoms with Crippen LogP contribution in [-0.2, 0) is 13.0 Å². The molecule has 0 aromatic carbocycles. The van der Waals surface area contributed by atoms with Crippen molar-refractivity contribution < 1.29 is 0 Å². The average Bonchev–Trinajstić information content (AvgIpc) is 2.67. The van der Waals surface area contributed by atoms with E-state index >= 15 is 0 Å². The minimum Gasteiger partial charge on any atom is -0.392 e. The molecular formula is C11H13N3OS2. The fourth-order valence-corrected chi connectivity index (χ4v) is 2.82. The Morgan fingerprint density at radius 2 is 2.35 bits per heavy atom. The molecule has 0 amide bonds. The summed E-state index contributed by atoms with van der Waals surface area (Å²) in [5, 5.41) is 0.661. The van der Waals surface area contributed by atoms with Crippen molar-refractivity contribution in [2.24, 2.45) is 5.73 Å². The molecule has 0 aliphatic carbocycles. The van der Waals surface area contributed by atoms with E-state index in [4.69, 9.17) is 18.0 Å². The molecule has 90 valence electrons. The van der Waals surface area contributed by atoms with Crippen LogP contribution < -0.4 is 11.3 Å². The molecular weight excluding hydrogens is 254 g/mol. The molecule has 6 heteroatoms. The number of aromatic nitrogens is 2. The molecule has 0 saturated carbocycles. The van der Waals surface area contributed by atoms with E-state index in [0.717, 1.165) is 16.1 Å². The third kappa shape index (κ3) is 2.23. The summed E-state index contributed by atoms with van der Waals surface area (Å²) in [7, 11) is 0. The molecule has 0 unspecified atom stereocenters. The third-order valence-electron chi connectivity index (χ3n) is 2.56. The second-order valence-electron chi connectivity index (χ2n) is 3.80. The van der Waals surface area contributed by atoms with Gasteiger partial charge in [-0.25, -0.2) is 4.98 Å². The summed E-state index contributed by atoms with van der Waals surface area (Å²) in [6, 6.07) is 1.91. The summed E-state index contributed by atoms with van der Waals surface area (Å²) in [5.41, 5.74) is 5.43. The first-order valence-corrected chi connectivity index (χ1v) is 6.53. The number of nitrogens with two attached hydrogens (primary N) is 1. The smallest absolute Gasteiger partial charge is 0.262 e. The number of fused-ring (bicyclic) bond motifs is 1. The molecule has 0 fully saturated rings. The standard InChI is InChI=1S/C11H13N3OS2/c1-3-7-4-8-10(17-7)13-6(2)14(11(8)15)5-9(12)16/h4H,3,5H2,1-2H3,(H2,12,16). The number of hydrogen-bond acceptors (Lipinski definition) is 4. The molecule has 0 atom stereocenters. The summed E-state index contributed by atoms with van der Waals surface area (Å²) < 4.78 is 1.52. The van der Waals surface area contributed by atoms with E-state index < -0.39 is 0 Å². The van der Waals surface area contributed by atoms with Gasteiger partial charge < -0.3 is 5.73 Å². The SMILES string of the molecule is CCc1cc2c(=O)n(CC(N)=S)c(C)nc2s1. The van der Waals surface area contributed by atoms with Gasteiger partial charge in [0.15, 0.2) is 0 Å². The summed E-state index contributed by atoms with van der Waals surface area (Å²) in [4.78, 5) is 18.9. The molecule has 2 aromatic rings. The lowest BCUT2D eigenvalue weighted by molar-refractivity contribution is 0.753. The zero-order valence-corrected chi connectivity index (χ0v) is 11.3. The van der Waals surface area contributed by atoms with Crippen molar-refractivity contribution in [1.29, 1.82) is 0 Å². The Morgan fingerprint density at radius 3 is 2.94 bits per heavy atom. The highest BCUT2D eigenvalue weighted by molar-refractivity contribution is 7.80. The van der Waals surface area contributed by atoms with Gasteiger partial charge in [-0.1, -0.05) is 19.1 Å². The van der Waals surface area contributed by atoms with Gasteiger partial charge in [0.1, 0.15) is 10.7 Å². The van der Waals surface area contributed by atoms with Crippen molar-refractivity contribution >= 4 is 38.8 Å². The summed E-state index contributed by atoms with van der Waals surface area (Å²) in [6.45, 7) is 4.11. The number of thiophene rings is 1. The number of aryl methyl sites for hydroxylation is 2. The van der Waals surface area contributed by atoms with Gasteiger partial charge in [-0.2, -0.15) is 0 Å². The predicted molar refractivity (Wildman–Crippen MR) is 74.8 cm³/mol. The molecule has 0 saturated heterocycles. The largest absolute Gasteiger partial charge is 0.392 e. The van der Waals surface area contributed by atoms with Crippen LogP contribution in [0.5, 0.6) is 0 Å². The lowest BCUT2D eigenvalue weighted by atomic mass is 10.3. The first-order valence-electron chi connectivity index (χ1n) is 5.31. The van der Waals surface area contributed by atoms with Crippen LogP contribution in [0.15, 0.2) is 10.9 Å². The van der Waals surface area contributed by atoms with E-state index in [9.17, 15) is 4.79 Å². The maximum Gasteiger partial charge on any atom is 0.262 e. The van der Waals surface area contributed by atoms with Crippen molar-refractivity contribution in [1.82, 2.24) is 9.55 Å². The van der Waals surface area contributed by atoms with Gasteiger partial charge in [0.05, 0.1) is 16.9 Å². The highest BCUT2D eigenvalue weighted by Gasteiger charge is 2.11. The highest BCUT2D eigenvalue weighted by Crippen LogP contribution is 2.21. The van der Waals surface area contributed by atoms with E-state index in [1.165, 1.54) is 4.57 Å². The Labute approximate surface area is 108 Å². The summed E-state index contributed by atoms with van der Waals surface area (Å²) in [6.07, 6.45) is 0.912. The van der Waals surface area contributed by atoms with Crippen LogP contribution >= 0.6 is 23.6 Å². The van der Waals surface area contributed by atoms with Gasteiger partial charge in [0, 0.05) is 4.88 Å². The third-order valence-corrected chi connectivity index (χ3v) is 3.86. The molecule has 0 aliphatic rings. The Balaban J connectivity index is 2.70. The lowest BCUT2D eigenvalue weighted by Gasteiger charge is -2.07. The molecule has 0 aliphatic heterocycles. The lowest BCUT2D eigenvalue weighted by Crippen LogP contribution is -2.29. The first-order chi connectivity index (χ1) is 8.02. The quantitative estimate of drug-likeness (QED) is 0.858. The topological polar surface area (TPSA) is 60.9 Å². The molecule has 17 heavy (non-hydrogen) atoms. The molecule has 2 aromatic heterocycles. The van der Waals surface area contributed by atoms with E-state index in [-0.39, 0.29) is 12.1 Å². The molecule has 0 bridgehead atoms. The van der Waals surface area contributed by atoms with Crippen LogP contribution in [0.2, 0.25) is 0 Å². The van der Waals surface area contributed by atoms with Crippen molar-refractivity contribution in [3.05, 3.63) is 27.1 Å².